The molecule has 0 saturated carbocycles. The summed E-state index contributed by atoms with van der Waals surface area (Å²) in [6.07, 6.45) is 2.98. The van der Waals surface area contributed by atoms with Gasteiger partial charge in [-0.05, 0) is 31.5 Å². The van der Waals surface area contributed by atoms with Crippen LogP contribution in [0.1, 0.15) is 34.7 Å². The summed E-state index contributed by atoms with van der Waals surface area (Å²) in [5.74, 6) is 0.911. The minimum absolute atomic E-state index is 0.0481. The zero-order chi connectivity index (χ0) is 21.3. The third-order valence-electron chi connectivity index (χ3n) is 4.53. The molecule has 3 aromatic rings. The standard InChI is InChI=1S/C23H25N3O4/c1-16-6-8-17(9-7-16)20-15-26-22(30-20)11-10-21(28)24-12-3-13-25-23(29)18-4-2-5-19(27)14-18/h2,4-9,14-15,27H,3,10-13H2,1H3,(H,24,28)(H,25,29). The van der Waals surface area contributed by atoms with Gasteiger partial charge in [-0.1, -0.05) is 35.9 Å². The Morgan fingerprint density at radius 2 is 1.83 bits per heavy atom. The predicted molar refractivity (Wildman–Crippen MR) is 113 cm³/mol. The molecule has 3 N–H and O–H groups in total. The van der Waals surface area contributed by atoms with Gasteiger partial charge < -0.3 is 20.2 Å². The van der Waals surface area contributed by atoms with Crippen molar-refractivity contribution >= 4 is 11.8 Å². The van der Waals surface area contributed by atoms with Gasteiger partial charge in [0.1, 0.15) is 5.75 Å². The number of carbonyl (C=O) groups is 2. The monoisotopic (exact) mass is 407 g/mol. The van der Waals surface area contributed by atoms with Crippen LogP contribution in [0.15, 0.2) is 59.1 Å². The Labute approximate surface area is 175 Å². The summed E-state index contributed by atoms with van der Waals surface area (Å²) in [6.45, 7) is 2.91. The summed E-state index contributed by atoms with van der Waals surface area (Å²) >= 11 is 0. The maximum atomic E-state index is 12.0. The number of phenolic OH excluding ortho intramolecular Hbond substituents is 1. The quantitative estimate of drug-likeness (QED) is 0.473. The number of hydrogen-bond donors (Lipinski definition) is 3. The number of oxazole rings is 1. The third kappa shape index (κ3) is 6.20. The number of hydrogen-bond acceptors (Lipinski definition) is 5. The average Bonchev–Trinajstić information content (AvgIpc) is 3.21. The van der Waals surface area contributed by atoms with Gasteiger partial charge in [-0.15, -0.1) is 0 Å². The average molecular weight is 407 g/mol. The Balaban J connectivity index is 1.32. The Kier molecular flexibility index (Phi) is 7.21. The molecule has 30 heavy (non-hydrogen) atoms. The van der Waals surface area contributed by atoms with E-state index in [1.807, 2.05) is 31.2 Å². The Bertz CT molecular complexity index is 996. The number of benzene rings is 2. The molecule has 0 saturated heterocycles. The summed E-state index contributed by atoms with van der Waals surface area (Å²) in [5, 5.41) is 15.0. The highest BCUT2D eigenvalue weighted by molar-refractivity contribution is 5.94. The third-order valence-corrected chi connectivity index (χ3v) is 4.53. The molecule has 2 aromatic carbocycles. The largest absolute Gasteiger partial charge is 0.508 e. The van der Waals surface area contributed by atoms with E-state index in [1.54, 1.807) is 18.3 Å². The minimum Gasteiger partial charge on any atom is -0.508 e. The van der Waals surface area contributed by atoms with Crippen molar-refractivity contribution in [2.45, 2.75) is 26.2 Å². The first-order valence-corrected chi connectivity index (χ1v) is 9.87. The molecule has 3 rings (SSSR count). The van der Waals surface area contributed by atoms with Crippen LogP contribution in [0.2, 0.25) is 0 Å². The molecule has 0 atom stereocenters. The maximum Gasteiger partial charge on any atom is 0.251 e. The van der Waals surface area contributed by atoms with Crippen molar-refractivity contribution in [2.24, 2.45) is 0 Å². The van der Waals surface area contributed by atoms with E-state index >= 15 is 0 Å². The van der Waals surface area contributed by atoms with Crippen molar-refractivity contribution in [1.29, 1.82) is 0 Å². The molecule has 0 aliphatic heterocycles. The fraction of sp³-hybridized carbons (Fsp3) is 0.261. The number of rotatable bonds is 9. The summed E-state index contributed by atoms with van der Waals surface area (Å²) in [5.41, 5.74) is 2.53. The number of nitrogens with one attached hydrogen (secondary N) is 2. The van der Waals surface area contributed by atoms with Crippen LogP contribution < -0.4 is 10.6 Å². The molecule has 0 unspecified atom stereocenters. The van der Waals surface area contributed by atoms with E-state index in [0.29, 0.717) is 43.1 Å². The molecular formula is C23H25N3O4. The van der Waals surface area contributed by atoms with Gasteiger partial charge in [0.15, 0.2) is 11.7 Å². The number of nitrogens with zero attached hydrogens (tertiary/aromatic N) is 1. The zero-order valence-corrected chi connectivity index (χ0v) is 16.9. The van der Waals surface area contributed by atoms with Crippen molar-refractivity contribution in [3.8, 4) is 17.1 Å². The van der Waals surface area contributed by atoms with E-state index in [1.165, 1.54) is 17.7 Å². The van der Waals surface area contributed by atoms with Crippen molar-refractivity contribution in [3.63, 3.8) is 0 Å². The second kappa shape index (κ2) is 10.2. The number of carbonyl (C=O) groups excluding carboxylic acids is 2. The van der Waals surface area contributed by atoms with E-state index < -0.39 is 0 Å². The van der Waals surface area contributed by atoms with Gasteiger partial charge in [-0.3, -0.25) is 9.59 Å². The second-order valence-corrected chi connectivity index (χ2v) is 6.99. The first kappa shape index (κ1) is 21.1. The first-order valence-electron chi connectivity index (χ1n) is 9.87. The van der Waals surface area contributed by atoms with Gasteiger partial charge in [-0.25, -0.2) is 4.98 Å². The van der Waals surface area contributed by atoms with Crippen LogP contribution in [0, 0.1) is 6.92 Å². The molecule has 1 heterocycles. The van der Waals surface area contributed by atoms with Gasteiger partial charge >= 0.3 is 0 Å². The molecule has 0 aliphatic rings. The topological polar surface area (TPSA) is 104 Å². The summed E-state index contributed by atoms with van der Waals surface area (Å²) in [6, 6.07) is 14.1. The van der Waals surface area contributed by atoms with Crippen LogP contribution in [-0.4, -0.2) is 35.0 Å². The van der Waals surface area contributed by atoms with E-state index in [0.717, 1.165) is 5.56 Å². The summed E-state index contributed by atoms with van der Waals surface area (Å²) in [7, 11) is 0. The Hall–Kier alpha value is -3.61. The van der Waals surface area contributed by atoms with Gasteiger partial charge in [0, 0.05) is 37.1 Å². The van der Waals surface area contributed by atoms with Crippen LogP contribution in [-0.2, 0) is 11.2 Å². The van der Waals surface area contributed by atoms with Crippen LogP contribution >= 0.6 is 0 Å². The van der Waals surface area contributed by atoms with Crippen molar-refractivity contribution in [3.05, 3.63) is 71.7 Å². The minimum atomic E-state index is -0.259. The second-order valence-electron chi connectivity index (χ2n) is 6.99. The van der Waals surface area contributed by atoms with Crippen molar-refractivity contribution in [2.75, 3.05) is 13.1 Å². The Morgan fingerprint density at radius 1 is 1.07 bits per heavy atom. The fourth-order valence-corrected chi connectivity index (χ4v) is 2.85. The van der Waals surface area contributed by atoms with Gasteiger partial charge in [-0.2, -0.15) is 0 Å². The lowest BCUT2D eigenvalue weighted by Crippen LogP contribution is -2.30. The van der Waals surface area contributed by atoms with Gasteiger partial charge in [0.05, 0.1) is 6.20 Å². The molecule has 0 fully saturated rings. The number of aromatic nitrogens is 1. The molecule has 2 amide bonds. The zero-order valence-electron chi connectivity index (χ0n) is 16.9. The van der Waals surface area contributed by atoms with E-state index in [-0.39, 0.29) is 24.0 Å². The highest BCUT2D eigenvalue weighted by Crippen LogP contribution is 2.21. The fourth-order valence-electron chi connectivity index (χ4n) is 2.85. The smallest absolute Gasteiger partial charge is 0.251 e. The molecule has 0 spiro atoms. The molecule has 0 bridgehead atoms. The van der Waals surface area contributed by atoms with Gasteiger partial charge in [0.25, 0.3) is 5.91 Å². The summed E-state index contributed by atoms with van der Waals surface area (Å²) in [4.78, 5) is 28.2. The SMILES string of the molecule is Cc1ccc(-c2cnc(CCC(=O)NCCCNC(=O)c3cccc(O)c3)o2)cc1. The molecule has 1 aromatic heterocycles. The lowest BCUT2D eigenvalue weighted by Gasteiger charge is -2.07. The van der Waals surface area contributed by atoms with E-state index in [9.17, 15) is 14.7 Å². The van der Waals surface area contributed by atoms with E-state index in [2.05, 4.69) is 15.6 Å². The molecule has 7 nitrogen and oxygen atoms in total. The number of amides is 2. The molecular weight excluding hydrogens is 382 g/mol. The molecule has 156 valence electrons. The van der Waals surface area contributed by atoms with E-state index in [4.69, 9.17) is 4.42 Å². The number of phenols is 1. The summed E-state index contributed by atoms with van der Waals surface area (Å²) < 4.78 is 5.72. The normalized spacial score (nSPS) is 10.6. The van der Waals surface area contributed by atoms with Crippen LogP contribution in [0.5, 0.6) is 5.75 Å². The first-order chi connectivity index (χ1) is 14.5. The highest BCUT2D eigenvalue weighted by Gasteiger charge is 2.09. The van der Waals surface area contributed by atoms with Crippen LogP contribution in [0.4, 0.5) is 0 Å². The molecule has 0 aliphatic carbocycles. The van der Waals surface area contributed by atoms with Crippen LogP contribution in [0.25, 0.3) is 11.3 Å². The molecule has 0 radical (unpaired) electrons. The lowest BCUT2D eigenvalue weighted by atomic mass is 10.1. The lowest BCUT2D eigenvalue weighted by molar-refractivity contribution is -0.121. The van der Waals surface area contributed by atoms with Crippen molar-refractivity contribution in [1.82, 2.24) is 15.6 Å². The number of aryl methyl sites for hydroxylation is 2. The maximum absolute atomic E-state index is 12.0. The molecule has 7 heteroatoms. The highest BCUT2D eigenvalue weighted by atomic mass is 16.4. The Morgan fingerprint density at radius 3 is 2.60 bits per heavy atom. The van der Waals surface area contributed by atoms with Crippen LogP contribution in [0.3, 0.4) is 0 Å². The van der Waals surface area contributed by atoms with Crippen molar-refractivity contribution < 1.29 is 19.1 Å². The predicted octanol–water partition coefficient (Wildman–Crippen LogP) is 3.22. The number of aromatic hydroxyl groups is 1. The van der Waals surface area contributed by atoms with Gasteiger partial charge in [0.2, 0.25) is 5.91 Å².